The lowest BCUT2D eigenvalue weighted by Crippen LogP contribution is -2.38. The molecule has 0 radical (unpaired) electrons. The molecular weight excluding hydrogens is 416 g/mol. The molecule has 2 rings (SSSR count). The highest BCUT2D eigenvalue weighted by Crippen LogP contribution is 2.38. The van der Waals surface area contributed by atoms with E-state index in [1.54, 1.807) is 26.0 Å². The van der Waals surface area contributed by atoms with Crippen LogP contribution in [0.4, 0.5) is 0 Å². The number of carbonyl (C=O) groups excluding carboxylic acids is 1. The zero-order valence-electron chi connectivity index (χ0n) is 15.3. The van der Waals surface area contributed by atoms with Crippen LogP contribution in [-0.2, 0) is 31.2 Å². The van der Waals surface area contributed by atoms with Crippen molar-refractivity contribution in [1.82, 2.24) is 0 Å². The van der Waals surface area contributed by atoms with Gasteiger partial charge in [-0.3, -0.25) is 4.79 Å². The number of hydrogen-bond acceptors (Lipinski definition) is 5. The molecule has 0 N–H and O–H groups in total. The van der Waals surface area contributed by atoms with Crippen molar-refractivity contribution in [2.75, 3.05) is 21.3 Å². The van der Waals surface area contributed by atoms with E-state index in [2.05, 4.69) is 15.9 Å². The quantitative estimate of drug-likeness (QED) is 0.337. The molecule has 0 bridgehead atoms. The van der Waals surface area contributed by atoms with Crippen molar-refractivity contribution in [3.8, 4) is 0 Å². The van der Waals surface area contributed by atoms with Crippen LogP contribution in [-0.4, -0.2) is 32.1 Å². The number of ether oxygens (including phenoxy) is 3. The summed E-state index contributed by atoms with van der Waals surface area (Å²) in [6.45, 7) is 1.96. The molecule has 0 aliphatic carbocycles. The highest BCUT2D eigenvalue weighted by Gasteiger charge is 2.37. The molecule has 2 aromatic carbocycles. The third-order valence-electron chi connectivity index (χ3n) is 4.13. The van der Waals surface area contributed by atoms with Gasteiger partial charge in [-0.05, 0) is 36.8 Å². The summed E-state index contributed by atoms with van der Waals surface area (Å²) < 4.78 is 16.2. The zero-order chi connectivity index (χ0) is 19.2. The monoisotopic (exact) mass is 438 g/mol. The second-order valence-corrected chi connectivity index (χ2v) is 8.17. The number of methoxy groups -OCH3 is 3. The average Bonchev–Trinajstić information content (AvgIpc) is 2.65. The van der Waals surface area contributed by atoms with E-state index in [9.17, 15) is 4.79 Å². The van der Waals surface area contributed by atoms with Crippen molar-refractivity contribution < 1.29 is 19.0 Å². The molecule has 140 valence electrons. The Morgan fingerprint density at radius 1 is 1.12 bits per heavy atom. The fraction of sp³-hybridized carbons (Fsp3) is 0.350. The molecule has 0 heterocycles. The zero-order valence-corrected chi connectivity index (χ0v) is 17.7. The summed E-state index contributed by atoms with van der Waals surface area (Å²) in [7, 11) is 4.60. The lowest BCUT2D eigenvalue weighted by Gasteiger charge is -2.34. The van der Waals surface area contributed by atoms with Crippen molar-refractivity contribution in [2.24, 2.45) is 0 Å². The number of carbonyl (C=O) groups is 1. The maximum Gasteiger partial charge on any atom is 0.310 e. The normalized spacial score (nSPS) is 12.7. The third-order valence-corrected chi connectivity index (χ3v) is 5.86. The summed E-state index contributed by atoms with van der Waals surface area (Å²) in [5.74, 6) is -1.23. The average molecular weight is 439 g/mol. The molecule has 0 amide bonds. The number of hydrogen-bond donors (Lipinski definition) is 0. The van der Waals surface area contributed by atoms with Crippen LogP contribution >= 0.6 is 27.7 Å². The third kappa shape index (κ3) is 4.68. The van der Waals surface area contributed by atoms with Crippen LogP contribution in [0, 0.1) is 0 Å². The SMILES string of the molecule is COC(=O)Cc1cc(C(OC)(OC)C(C)Br)ccc1Sc1ccccc1. The first-order chi connectivity index (χ1) is 12.5. The van der Waals surface area contributed by atoms with Gasteiger partial charge < -0.3 is 14.2 Å². The predicted molar refractivity (Wildman–Crippen MR) is 107 cm³/mol. The Balaban J connectivity index is 2.48. The van der Waals surface area contributed by atoms with Crippen molar-refractivity contribution >= 4 is 33.7 Å². The molecule has 0 saturated carbocycles. The minimum Gasteiger partial charge on any atom is -0.469 e. The minimum absolute atomic E-state index is 0.0939. The molecular formula is C20H23BrO4S. The summed E-state index contributed by atoms with van der Waals surface area (Å²) in [5, 5.41) is 0. The molecule has 0 fully saturated rings. The largest absolute Gasteiger partial charge is 0.469 e. The van der Waals surface area contributed by atoms with Crippen LogP contribution < -0.4 is 0 Å². The maximum atomic E-state index is 11.9. The second-order valence-electron chi connectivity index (χ2n) is 5.68. The highest BCUT2D eigenvalue weighted by atomic mass is 79.9. The highest BCUT2D eigenvalue weighted by molar-refractivity contribution is 9.09. The van der Waals surface area contributed by atoms with E-state index in [1.165, 1.54) is 7.11 Å². The standard InChI is InChI=1S/C20H23BrO4S/c1-14(21)20(24-3,25-4)16-10-11-18(15(12-16)13-19(22)23-2)26-17-8-6-5-7-9-17/h5-12,14H,13H2,1-4H3. The fourth-order valence-corrected chi connectivity index (χ4v) is 4.33. The van der Waals surface area contributed by atoms with Crippen molar-refractivity contribution in [2.45, 2.75) is 33.7 Å². The first kappa shape index (κ1) is 21.0. The lowest BCUT2D eigenvalue weighted by atomic mass is 9.99. The topological polar surface area (TPSA) is 44.8 Å². The van der Waals surface area contributed by atoms with Gasteiger partial charge in [0.25, 0.3) is 0 Å². The van der Waals surface area contributed by atoms with Crippen LogP contribution in [0.3, 0.4) is 0 Å². The Kier molecular flexibility index (Phi) is 7.70. The molecule has 1 unspecified atom stereocenters. The van der Waals surface area contributed by atoms with Gasteiger partial charge in [-0.25, -0.2) is 0 Å². The van der Waals surface area contributed by atoms with E-state index < -0.39 is 5.79 Å². The van der Waals surface area contributed by atoms with Gasteiger partial charge in [-0.1, -0.05) is 52.0 Å². The summed E-state index contributed by atoms with van der Waals surface area (Å²) >= 11 is 5.18. The van der Waals surface area contributed by atoms with E-state index in [0.717, 1.165) is 20.9 Å². The first-order valence-corrected chi connectivity index (χ1v) is 9.87. The molecule has 4 nitrogen and oxygen atoms in total. The van der Waals surface area contributed by atoms with E-state index in [1.807, 2.05) is 55.5 Å². The van der Waals surface area contributed by atoms with Gasteiger partial charge in [0.05, 0.1) is 18.4 Å². The van der Waals surface area contributed by atoms with Gasteiger partial charge in [0, 0.05) is 29.6 Å². The predicted octanol–water partition coefficient (Wildman–Crippen LogP) is 4.78. The number of benzene rings is 2. The van der Waals surface area contributed by atoms with Gasteiger partial charge in [-0.2, -0.15) is 0 Å². The van der Waals surface area contributed by atoms with Crippen LogP contribution in [0.1, 0.15) is 18.1 Å². The smallest absolute Gasteiger partial charge is 0.310 e. The Hall–Kier alpha value is -1.34. The summed E-state index contributed by atoms with van der Waals surface area (Å²) in [4.78, 5) is 13.9. The van der Waals surface area contributed by atoms with Gasteiger partial charge in [0.2, 0.25) is 5.79 Å². The molecule has 0 saturated heterocycles. The number of esters is 1. The summed E-state index contributed by atoms with van der Waals surface area (Å²) in [6.07, 6.45) is 0.180. The molecule has 0 aliphatic heterocycles. The number of rotatable bonds is 8. The fourth-order valence-electron chi connectivity index (χ4n) is 2.75. The van der Waals surface area contributed by atoms with Crippen molar-refractivity contribution in [3.05, 3.63) is 59.7 Å². The van der Waals surface area contributed by atoms with E-state index in [0.29, 0.717) is 0 Å². The lowest BCUT2D eigenvalue weighted by molar-refractivity contribution is -0.212. The molecule has 0 spiro atoms. The first-order valence-electron chi connectivity index (χ1n) is 8.14. The van der Waals surface area contributed by atoms with Crippen LogP contribution in [0.5, 0.6) is 0 Å². The van der Waals surface area contributed by atoms with Gasteiger partial charge in [-0.15, -0.1) is 0 Å². The molecule has 6 heteroatoms. The summed E-state index contributed by atoms with van der Waals surface area (Å²) in [6, 6.07) is 15.9. The Morgan fingerprint density at radius 3 is 2.31 bits per heavy atom. The molecule has 2 aromatic rings. The summed E-state index contributed by atoms with van der Waals surface area (Å²) in [5.41, 5.74) is 1.71. The Labute approximate surface area is 167 Å². The number of halogens is 1. The van der Waals surface area contributed by atoms with Crippen LogP contribution in [0.15, 0.2) is 58.3 Å². The van der Waals surface area contributed by atoms with Crippen LogP contribution in [0.2, 0.25) is 0 Å². The van der Waals surface area contributed by atoms with E-state index >= 15 is 0 Å². The van der Waals surface area contributed by atoms with Gasteiger partial charge in [0.1, 0.15) is 0 Å². The van der Waals surface area contributed by atoms with Crippen LogP contribution in [0.25, 0.3) is 0 Å². The molecule has 0 aromatic heterocycles. The van der Waals surface area contributed by atoms with E-state index in [4.69, 9.17) is 14.2 Å². The Morgan fingerprint density at radius 2 is 1.77 bits per heavy atom. The molecule has 26 heavy (non-hydrogen) atoms. The second kappa shape index (κ2) is 9.55. The maximum absolute atomic E-state index is 11.9. The van der Waals surface area contributed by atoms with Gasteiger partial charge >= 0.3 is 5.97 Å². The molecule has 0 aliphatic rings. The molecule has 1 atom stereocenters. The minimum atomic E-state index is -0.944. The van der Waals surface area contributed by atoms with Gasteiger partial charge in [0.15, 0.2) is 0 Å². The van der Waals surface area contributed by atoms with Crippen molar-refractivity contribution in [1.29, 1.82) is 0 Å². The Bertz CT molecular complexity index is 730. The number of alkyl halides is 1. The van der Waals surface area contributed by atoms with Crippen molar-refractivity contribution in [3.63, 3.8) is 0 Å². The van der Waals surface area contributed by atoms with E-state index in [-0.39, 0.29) is 17.2 Å².